The molecule has 7 heteroatoms. The lowest BCUT2D eigenvalue weighted by Crippen LogP contribution is -2.31. The Labute approximate surface area is 150 Å². The standard InChI is InChI=1S/C19H19N5O2/c1-12(14-6-9-20-10-7-14)22-17(25)11-15-13(2)23-18(24-19(15)26)16-5-3-4-8-21-16/h3-10,12H,11H2,1-2H3,(H,22,25)(H,23,24,26). The molecular weight excluding hydrogens is 330 g/mol. The summed E-state index contributed by atoms with van der Waals surface area (Å²) in [7, 11) is 0. The van der Waals surface area contributed by atoms with Crippen LogP contribution >= 0.6 is 0 Å². The number of aryl methyl sites for hydroxylation is 1. The third-order valence-corrected chi connectivity index (χ3v) is 4.05. The molecular formula is C19H19N5O2. The lowest BCUT2D eigenvalue weighted by molar-refractivity contribution is -0.121. The van der Waals surface area contributed by atoms with E-state index in [-0.39, 0.29) is 23.9 Å². The number of aromatic amines is 1. The number of hydrogen-bond acceptors (Lipinski definition) is 5. The largest absolute Gasteiger partial charge is 0.349 e. The van der Waals surface area contributed by atoms with Crippen LogP contribution < -0.4 is 10.9 Å². The quantitative estimate of drug-likeness (QED) is 0.733. The number of nitrogens with one attached hydrogen (secondary N) is 2. The van der Waals surface area contributed by atoms with Crippen LogP contribution in [-0.4, -0.2) is 25.8 Å². The highest BCUT2D eigenvalue weighted by atomic mass is 16.2. The predicted molar refractivity (Wildman–Crippen MR) is 97.3 cm³/mol. The van der Waals surface area contributed by atoms with Crippen molar-refractivity contribution in [1.29, 1.82) is 0 Å². The lowest BCUT2D eigenvalue weighted by atomic mass is 10.1. The first-order valence-corrected chi connectivity index (χ1v) is 8.25. The van der Waals surface area contributed by atoms with E-state index in [9.17, 15) is 9.59 Å². The van der Waals surface area contributed by atoms with Gasteiger partial charge in [-0.1, -0.05) is 6.07 Å². The van der Waals surface area contributed by atoms with Crippen LogP contribution in [0.2, 0.25) is 0 Å². The van der Waals surface area contributed by atoms with Crippen molar-refractivity contribution in [2.45, 2.75) is 26.3 Å². The van der Waals surface area contributed by atoms with Gasteiger partial charge in [-0.2, -0.15) is 0 Å². The van der Waals surface area contributed by atoms with Gasteiger partial charge in [-0.15, -0.1) is 0 Å². The summed E-state index contributed by atoms with van der Waals surface area (Å²) in [4.78, 5) is 40.0. The number of H-pyrrole nitrogens is 1. The second kappa shape index (κ2) is 7.69. The van der Waals surface area contributed by atoms with Crippen molar-refractivity contribution in [3.63, 3.8) is 0 Å². The fourth-order valence-electron chi connectivity index (χ4n) is 2.63. The minimum Gasteiger partial charge on any atom is -0.349 e. The molecule has 3 aromatic heterocycles. The maximum Gasteiger partial charge on any atom is 0.255 e. The molecule has 3 rings (SSSR count). The van der Waals surface area contributed by atoms with E-state index in [2.05, 4.69) is 25.3 Å². The number of amides is 1. The molecule has 132 valence electrons. The van der Waals surface area contributed by atoms with Crippen LogP contribution in [-0.2, 0) is 11.2 Å². The number of aromatic nitrogens is 4. The summed E-state index contributed by atoms with van der Waals surface area (Å²) in [5.41, 5.74) is 2.06. The van der Waals surface area contributed by atoms with Crippen molar-refractivity contribution in [2.24, 2.45) is 0 Å². The zero-order chi connectivity index (χ0) is 18.5. The molecule has 0 spiro atoms. The van der Waals surface area contributed by atoms with Gasteiger partial charge in [-0.3, -0.25) is 19.6 Å². The number of pyridine rings is 2. The summed E-state index contributed by atoms with van der Waals surface area (Å²) in [5, 5.41) is 2.89. The summed E-state index contributed by atoms with van der Waals surface area (Å²) in [6.45, 7) is 3.60. The zero-order valence-corrected chi connectivity index (χ0v) is 14.6. The highest BCUT2D eigenvalue weighted by molar-refractivity contribution is 5.79. The number of carbonyl (C=O) groups is 1. The molecule has 0 bridgehead atoms. The molecule has 0 fully saturated rings. The summed E-state index contributed by atoms with van der Waals surface area (Å²) >= 11 is 0. The van der Waals surface area contributed by atoms with Gasteiger partial charge in [-0.05, 0) is 43.7 Å². The molecule has 0 aliphatic rings. The van der Waals surface area contributed by atoms with Gasteiger partial charge >= 0.3 is 0 Å². The van der Waals surface area contributed by atoms with Crippen LogP contribution in [0.4, 0.5) is 0 Å². The van der Waals surface area contributed by atoms with Gasteiger partial charge in [0.15, 0.2) is 5.82 Å². The smallest absolute Gasteiger partial charge is 0.255 e. The molecule has 0 aliphatic heterocycles. The lowest BCUT2D eigenvalue weighted by Gasteiger charge is -2.14. The van der Waals surface area contributed by atoms with Gasteiger partial charge in [-0.25, -0.2) is 4.98 Å². The minimum absolute atomic E-state index is 0.0356. The maximum atomic E-state index is 12.4. The first-order valence-electron chi connectivity index (χ1n) is 8.25. The Bertz CT molecular complexity index is 955. The van der Waals surface area contributed by atoms with Crippen LogP contribution in [0.15, 0.2) is 53.7 Å². The van der Waals surface area contributed by atoms with Crippen LogP contribution in [0.1, 0.15) is 29.8 Å². The van der Waals surface area contributed by atoms with Crippen molar-refractivity contribution < 1.29 is 4.79 Å². The topological polar surface area (TPSA) is 101 Å². The molecule has 2 N–H and O–H groups in total. The summed E-state index contributed by atoms with van der Waals surface area (Å²) in [6.07, 6.45) is 4.94. The van der Waals surface area contributed by atoms with E-state index < -0.39 is 0 Å². The molecule has 7 nitrogen and oxygen atoms in total. The molecule has 1 atom stereocenters. The van der Waals surface area contributed by atoms with Gasteiger partial charge in [0.2, 0.25) is 5.91 Å². The Morgan fingerprint density at radius 2 is 1.96 bits per heavy atom. The van der Waals surface area contributed by atoms with Gasteiger partial charge in [0.1, 0.15) is 5.69 Å². The first-order chi connectivity index (χ1) is 12.5. The molecule has 1 unspecified atom stereocenters. The highest BCUT2D eigenvalue weighted by Gasteiger charge is 2.16. The number of rotatable bonds is 5. The molecule has 0 radical (unpaired) electrons. The normalized spacial score (nSPS) is 11.8. The molecule has 26 heavy (non-hydrogen) atoms. The third kappa shape index (κ3) is 4.00. The molecule has 0 saturated carbocycles. The minimum atomic E-state index is -0.329. The number of nitrogens with zero attached hydrogens (tertiary/aromatic N) is 3. The Morgan fingerprint density at radius 1 is 1.19 bits per heavy atom. The van der Waals surface area contributed by atoms with Gasteiger partial charge in [0.05, 0.1) is 12.5 Å². The predicted octanol–water partition coefficient (Wildman–Crippen LogP) is 1.96. The van der Waals surface area contributed by atoms with E-state index in [4.69, 9.17) is 0 Å². The summed E-state index contributed by atoms with van der Waals surface area (Å²) in [6, 6.07) is 8.88. The van der Waals surface area contributed by atoms with E-state index >= 15 is 0 Å². The van der Waals surface area contributed by atoms with Crippen molar-refractivity contribution in [3.05, 3.63) is 76.1 Å². The van der Waals surface area contributed by atoms with Crippen molar-refractivity contribution in [2.75, 3.05) is 0 Å². The second-order valence-corrected chi connectivity index (χ2v) is 5.94. The zero-order valence-electron chi connectivity index (χ0n) is 14.6. The third-order valence-electron chi connectivity index (χ3n) is 4.05. The summed E-state index contributed by atoms with van der Waals surface area (Å²) in [5.74, 6) is 0.151. The van der Waals surface area contributed by atoms with Crippen LogP contribution in [0, 0.1) is 6.92 Å². The van der Waals surface area contributed by atoms with Gasteiger partial charge in [0.25, 0.3) is 5.56 Å². The molecule has 1 amide bonds. The van der Waals surface area contributed by atoms with Gasteiger partial charge in [0, 0.05) is 29.8 Å². The fourth-order valence-corrected chi connectivity index (χ4v) is 2.63. The van der Waals surface area contributed by atoms with Crippen molar-refractivity contribution >= 4 is 5.91 Å². The molecule has 3 aromatic rings. The molecule has 0 saturated heterocycles. The van der Waals surface area contributed by atoms with E-state index in [1.54, 1.807) is 37.6 Å². The highest BCUT2D eigenvalue weighted by Crippen LogP contribution is 2.13. The van der Waals surface area contributed by atoms with Crippen molar-refractivity contribution in [3.8, 4) is 11.5 Å². The van der Waals surface area contributed by atoms with Gasteiger partial charge < -0.3 is 10.3 Å². The average molecular weight is 349 g/mol. The van der Waals surface area contributed by atoms with Crippen LogP contribution in [0.5, 0.6) is 0 Å². The molecule has 0 aliphatic carbocycles. The summed E-state index contributed by atoms with van der Waals surface area (Å²) < 4.78 is 0. The van der Waals surface area contributed by atoms with E-state index in [0.29, 0.717) is 22.8 Å². The number of hydrogen-bond donors (Lipinski definition) is 2. The SMILES string of the molecule is Cc1nc(-c2ccccn2)[nH]c(=O)c1CC(=O)NC(C)c1ccncc1. The fraction of sp³-hybridized carbons (Fsp3) is 0.211. The maximum absolute atomic E-state index is 12.4. The second-order valence-electron chi connectivity index (χ2n) is 5.94. The molecule has 3 heterocycles. The Kier molecular flexibility index (Phi) is 5.17. The van der Waals surface area contributed by atoms with Crippen LogP contribution in [0.25, 0.3) is 11.5 Å². The van der Waals surface area contributed by atoms with E-state index in [0.717, 1.165) is 5.56 Å². The van der Waals surface area contributed by atoms with Crippen LogP contribution in [0.3, 0.4) is 0 Å². The Balaban J connectivity index is 1.76. The number of carbonyl (C=O) groups excluding carboxylic acids is 1. The average Bonchev–Trinajstić information content (AvgIpc) is 2.66. The first kappa shape index (κ1) is 17.5. The Hall–Kier alpha value is -3.35. The van der Waals surface area contributed by atoms with E-state index in [1.807, 2.05) is 25.1 Å². The van der Waals surface area contributed by atoms with E-state index in [1.165, 1.54) is 0 Å². The monoisotopic (exact) mass is 349 g/mol. The Morgan fingerprint density at radius 3 is 2.62 bits per heavy atom. The molecule has 0 aromatic carbocycles. The van der Waals surface area contributed by atoms with Crippen molar-refractivity contribution in [1.82, 2.24) is 25.3 Å².